The van der Waals surface area contributed by atoms with E-state index in [4.69, 9.17) is 33.7 Å². The monoisotopic (exact) mass is 384 g/mol. The summed E-state index contributed by atoms with van der Waals surface area (Å²) in [6.45, 7) is 0.417. The zero-order valence-electron chi connectivity index (χ0n) is 13.4. The van der Waals surface area contributed by atoms with E-state index in [1.807, 2.05) is 0 Å². The average Bonchev–Trinajstić information content (AvgIpc) is 2.60. The maximum atomic E-state index is 12.1. The first-order chi connectivity index (χ1) is 11.9. The van der Waals surface area contributed by atoms with Crippen LogP contribution < -0.4 is 5.73 Å². The van der Waals surface area contributed by atoms with Crippen molar-refractivity contribution in [2.75, 3.05) is 19.7 Å². The van der Waals surface area contributed by atoms with Crippen LogP contribution in [-0.2, 0) is 19.1 Å². The minimum absolute atomic E-state index is 0.269. The third-order valence-corrected chi connectivity index (χ3v) is 4.61. The van der Waals surface area contributed by atoms with Gasteiger partial charge in [-0.25, -0.2) is 4.79 Å². The summed E-state index contributed by atoms with van der Waals surface area (Å²) in [5.74, 6) is -1.76. The number of primary amides is 1. The van der Waals surface area contributed by atoms with Gasteiger partial charge in [0.15, 0.2) is 6.61 Å². The third kappa shape index (κ3) is 5.76. The fourth-order valence-corrected chi connectivity index (χ4v) is 2.80. The zero-order chi connectivity index (χ0) is 18.4. The van der Waals surface area contributed by atoms with Crippen LogP contribution >= 0.6 is 23.2 Å². The number of esters is 1. The fraction of sp³-hybridized carbons (Fsp3) is 0.353. The molecule has 0 aliphatic carbocycles. The Balaban J connectivity index is 1.82. The van der Waals surface area contributed by atoms with Gasteiger partial charge in [-0.3, -0.25) is 9.59 Å². The molecule has 1 atom stereocenters. The minimum atomic E-state index is -0.650. The van der Waals surface area contributed by atoms with Gasteiger partial charge in [0.25, 0.3) is 5.91 Å². The molecule has 0 unspecified atom stereocenters. The maximum absolute atomic E-state index is 12.1. The molecule has 0 radical (unpaired) electrons. The van der Waals surface area contributed by atoms with Crippen LogP contribution in [0.3, 0.4) is 0 Å². The van der Waals surface area contributed by atoms with E-state index in [0.717, 1.165) is 0 Å². The molecule has 1 heterocycles. The summed E-state index contributed by atoms with van der Waals surface area (Å²) in [5.41, 5.74) is 5.96. The SMILES string of the molecule is NC(=O)[C@H]1CCCN(C(=O)COC(=O)/C=C/c2ccc(Cl)c(Cl)c2)C1. The maximum Gasteiger partial charge on any atom is 0.331 e. The van der Waals surface area contributed by atoms with Crippen molar-refractivity contribution in [1.29, 1.82) is 0 Å². The van der Waals surface area contributed by atoms with Crippen LogP contribution in [0.25, 0.3) is 6.08 Å². The molecule has 0 aromatic heterocycles. The van der Waals surface area contributed by atoms with E-state index < -0.39 is 11.9 Å². The topological polar surface area (TPSA) is 89.7 Å². The van der Waals surface area contributed by atoms with Gasteiger partial charge in [0, 0.05) is 19.2 Å². The fourth-order valence-electron chi connectivity index (χ4n) is 2.49. The highest BCUT2D eigenvalue weighted by Crippen LogP contribution is 2.23. The summed E-state index contributed by atoms with van der Waals surface area (Å²) in [7, 11) is 0. The standard InChI is InChI=1S/C17H18Cl2N2O4/c18-13-5-3-11(8-14(13)19)4-6-16(23)25-10-15(22)21-7-1-2-12(9-21)17(20)24/h3-6,8,12H,1-2,7,9-10H2,(H2,20,24)/b6-4+/t12-/m0/s1. The van der Waals surface area contributed by atoms with Crippen molar-refractivity contribution in [3.63, 3.8) is 0 Å². The minimum Gasteiger partial charge on any atom is -0.452 e. The van der Waals surface area contributed by atoms with E-state index >= 15 is 0 Å². The van der Waals surface area contributed by atoms with Crippen molar-refractivity contribution in [2.24, 2.45) is 11.7 Å². The molecule has 1 fully saturated rings. The van der Waals surface area contributed by atoms with E-state index in [0.29, 0.717) is 35.0 Å². The van der Waals surface area contributed by atoms with Crippen molar-refractivity contribution in [1.82, 2.24) is 4.90 Å². The molecule has 8 heteroatoms. The van der Waals surface area contributed by atoms with Gasteiger partial charge in [0.05, 0.1) is 16.0 Å². The molecule has 1 aromatic carbocycles. The van der Waals surface area contributed by atoms with Crippen LogP contribution in [0.2, 0.25) is 10.0 Å². The Morgan fingerprint density at radius 2 is 2.04 bits per heavy atom. The van der Waals surface area contributed by atoms with Crippen LogP contribution in [0, 0.1) is 5.92 Å². The lowest BCUT2D eigenvalue weighted by atomic mass is 9.97. The molecule has 0 saturated carbocycles. The number of carbonyl (C=O) groups excluding carboxylic acids is 3. The van der Waals surface area contributed by atoms with Gasteiger partial charge in [-0.1, -0.05) is 29.3 Å². The molecule has 2 N–H and O–H groups in total. The van der Waals surface area contributed by atoms with Gasteiger partial charge in [-0.2, -0.15) is 0 Å². The molecular weight excluding hydrogens is 367 g/mol. The summed E-state index contributed by atoms with van der Waals surface area (Å²) in [6.07, 6.45) is 4.09. The van der Waals surface area contributed by atoms with E-state index in [9.17, 15) is 14.4 Å². The third-order valence-electron chi connectivity index (χ3n) is 3.87. The Hall–Kier alpha value is -2.05. The molecule has 0 spiro atoms. The predicted octanol–water partition coefficient (Wildman–Crippen LogP) is 2.27. The number of nitrogens with two attached hydrogens (primary N) is 1. The van der Waals surface area contributed by atoms with Crippen molar-refractivity contribution in [3.05, 3.63) is 39.9 Å². The van der Waals surface area contributed by atoms with Crippen LogP contribution in [0.5, 0.6) is 0 Å². The number of halogens is 2. The van der Waals surface area contributed by atoms with Gasteiger partial charge in [-0.05, 0) is 36.6 Å². The van der Waals surface area contributed by atoms with Crippen molar-refractivity contribution < 1.29 is 19.1 Å². The summed E-state index contributed by atoms with van der Waals surface area (Å²) >= 11 is 11.7. The largest absolute Gasteiger partial charge is 0.452 e. The van der Waals surface area contributed by atoms with Gasteiger partial charge >= 0.3 is 5.97 Å². The van der Waals surface area contributed by atoms with Gasteiger partial charge in [-0.15, -0.1) is 0 Å². The number of rotatable bonds is 5. The summed E-state index contributed by atoms with van der Waals surface area (Å²) in [5, 5.41) is 0.796. The Morgan fingerprint density at radius 3 is 2.72 bits per heavy atom. The van der Waals surface area contributed by atoms with Crippen LogP contribution in [0.1, 0.15) is 18.4 Å². The highest BCUT2D eigenvalue weighted by Gasteiger charge is 2.27. The number of amides is 2. The molecule has 1 aliphatic heterocycles. The zero-order valence-corrected chi connectivity index (χ0v) is 14.9. The van der Waals surface area contributed by atoms with E-state index in [-0.39, 0.29) is 25.0 Å². The molecule has 1 saturated heterocycles. The molecule has 0 bridgehead atoms. The van der Waals surface area contributed by atoms with E-state index in [1.54, 1.807) is 18.2 Å². The summed E-state index contributed by atoms with van der Waals surface area (Å²) < 4.78 is 4.94. The predicted molar refractivity (Wildman–Crippen MR) is 95.0 cm³/mol. The lowest BCUT2D eigenvalue weighted by molar-refractivity contribution is -0.149. The first-order valence-corrected chi connectivity index (χ1v) is 8.49. The van der Waals surface area contributed by atoms with E-state index in [1.165, 1.54) is 17.1 Å². The number of benzene rings is 1. The van der Waals surface area contributed by atoms with Crippen molar-refractivity contribution >= 4 is 47.1 Å². The Bertz CT molecular complexity index is 706. The first-order valence-electron chi connectivity index (χ1n) is 7.74. The van der Waals surface area contributed by atoms with Gasteiger partial charge in [0.1, 0.15) is 0 Å². The average molecular weight is 385 g/mol. The molecule has 1 aliphatic rings. The number of hydrogen-bond acceptors (Lipinski definition) is 4. The highest BCUT2D eigenvalue weighted by atomic mass is 35.5. The van der Waals surface area contributed by atoms with E-state index in [2.05, 4.69) is 0 Å². The van der Waals surface area contributed by atoms with Crippen molar-refractivity contribution in [2.45, 2.75) is 12.8 Å². The lowest BCUT2D eigenvalue weighted by Crippen LogP contribution is -2.45. The molecule has 2 rings (SSSR count). The number of piperidine rings is 1. The lowest BCUT2D eigenvalue weighted by Gasteiger charge is -2.30. The van der Waals surface area contributed by atoms with Gasteiger partial charge in [0.2, 0.25) is 5.91 Å². The number of nitrogens with zero attached hydrogens (tertiary/aromatic N) is 1. The van der Waals surface area contributed by atoms with Crippen LogP contribution in [0.4, 0.5) is 0 Å². The Labute approximate surface area is 155 Å². The Morgan fingerprint density at radius 1 is 1.28 bits per heavy atom. The second-order valence-corrected chi connectivity index (χ2v) is 6.51. The number of carbonyl (C=O) groups is 3. The summed E-state index contributed by atoms with van der Waals surface area (Å²) in [6, 6.07) is 4.92. The smallest absolute Gasteiger partial charge is 0.331 e. The first kappa shape index (κ1) is 19.3. The number of likely N-dealkylation sites (tertiary alicyclic amines) is 1. The van der Waals surface area contributed by atoms with Crippen molar-refractivity contribution in [3.8, 4) is 0 Å². The normalized spacial score (nSPS) is 17.5. The Kier molecular flexibility index (Phi) is 6.84. The van der Waals surface area contributed by atoms with Crippen LogP contribution in [-0.4, -0.2) is 42.4 Å². The molecule has 2 amide bonds. The second kappa shape index (κ2) is 8.87. The second-order valence-electron chi connectivity index (χ2n) is 5.70. The number of hydrogen-bond donors (Lipinski definition) is 1. The molecule has 25 heavy (non-hydrogen) atoms. The molecule has 1 aromatic rings. The quantitative estimate of drug-likeness (QED) is 0.622. The summed E-state index contributed by atoms with van der Waals surface area (Å²) in [4.78, 5) is 36.5. The molecule has 6 nitrogen and oxygen atoms in total. The van der Waals surface area contributed by atoms with Gasteiger partial charge < -0.3 is 15.4 Å². The number of ether oxygens (including phenoxy) is 1. The van der Waals surface area contributed by atoms with Crippen LogP contribution in [0.15, 0.2) is 24.3 Å². The molecular formula is C17H18Cl2N2O4. The highest BCUT2D eigenvalue weighted by molar-refractivity contribution is 6.42. The molecule has 134 valence electrons.